The van der Waals surface area contributed by atoms with Crippen molar-refractivity contribution in [2.24, 2.45) is 0 Å². The highest BCUT2D eigenvalue weighted by molar-refractivity contribution is 7.88. The van der Waals surface area contributed by atoms with Gasteiger partial charge in [0.25, 0.3) is 0 Å². The molecule has 0 unspecified atom stereocenters. The molecule has 1 rings (SSSR count). The van der Waals surface area contributed by atoms with Gasteiger partial charge in [0.15, 0.2) is 0 Å². The van der Waals surface area contributed by atoms with Gasteiger partial charge in [-0.3, -0.25) is 9.78 Å². The first-order chi connectivity index (χ1) is 10.8. The summed E-state index contributed by atoms with van der Waals surface area (Å²) in [6, 6.07) is 5.34. The van der Waals surface area contributed by atoms with Crippen LogP contribution >= 0.6 is 0 Å². The second kappa shape index (κ2) is 9.59. The average molecular weight is 342 g/mol. The summed E-state index contributed by atoms with van der Waals surface area (Å²) in [5.41, 5.74) is 0.657. The molecular formula is C15H26N4O3S. The zero-order valence-electron chi connectivity index (χ0n) is 14.0. The number of nitrogens with zero attached hydrogens (tertiary/aromatic N) is 3. The van der Waals surface area contributed by atoms with Gasteiger partial charge in [-0.1, -0.05) is 6.07 Å². The van der Waals surface area contributed by atoms with Crippen LogP contribution in [0.2, 0.25) is 0 Å². The van der Waals surface area contributed by atoms with Gasteiger partial charge in [0.2, 0.25) is 15.9 Å². The second-order valence-corrected chi connectivity index (χ2v) is 7.66. The predicted molar refractivity (Wildman–Crippen MR) is 90.3 cm³/mol. The molecule has 0 spiro atoms. The van der Waals surface area contributed by atoms with Crippen molar-refractivity contribution in [2.75, 3.05) is 40.0 Å². The predicted octanol–water partition coefficient (Wildman–Crippen LogP) is 0.301. The number of sulfonamides is 1. The third kappa shape index (κ3) is 8.63. The number of rotatable bonds is 10. The van der Waals surface area contributed by atoms with E-state index in [0.717, 1.165) is 19.2 Å². The van der Waals surface area contributed by atoms with Crippen molar-refractivity contribution < 1.29 is 13.2 Å². The van der Waals surface area contributed by atoms with Crippen LogP contribution in [0.15, 0.2) is 24.4 Å². The van der Waals surface area contributed by atoms with Crippen LogP contribution in [-0.4, -0.2) is 68.5 Å². The molecule has 7 nitrogen and oxygen atoms in total. The number of pyridine rings is 1. The number of carbonyl (C=O) groups is 1. The SMILES string of the molecule is CN(C)CCCNC(=O)CCN(Cc1ccccn1)S(C)(=O)=O. The molecule has 0 aliphatic heterocycles. The van der Waals surface area contributed by atoms with Gasteiger partial charge in [0, 0.05) is 25.7 Å². The van der Waals surface area contributed by atoms with Gasteiger partial charge in [-0.2, -0.15) is 4.31 Å². The molecule has 0 aromatic carbocycles. The maximum absolute atomic E-state index is 11.8. The van der Waals surface area contributed by atoms with Gasteiger partial charge in [-0.05, 0) is 39.2 Å². The third-order valence-electron chi connectivity index (χ3n) is 3.23. The summed E-state index contributed by atoms with van der Waals surface area (Å²) in [6.45, 7) is 1.81. The maximum atomic E-state index is 11.8. The first-order valence-corrected chi connectivity index (χ1v) is 9.40. The van der Waals surface area contributed by atoms with E-state index < -0.39 is 10.0 Å². The molecule has 0 saturated heterocycles. The molecule has 0 bridgehead atoms. The lowest BCUT2D eigenvalue weighted by molar-refractivity contribution is -0.121. The summed E-state index contributed by atoms with van der Waals surface area (Å²) in [5.74, 6) is -0.140. The fraction of sp³-hybridized carbons (Fsp3) is 0.600. The van der Waals surface area contributed by atoms with Crippen molar-refractivity contribution in [1.29, 1.82) is 0 Å². The van der Waals surface area contributed by atoms with Crippen molar-refractivity contribution in [1.82, 2.24) is 19.5 Å². The van der Waals surface area contributed by atoms with E-state index in [9.17, 15) is 13.2 Å². The Balaban J connectivity index is 2.44. The van der Waals surface area contributed by atoms with Gasteiger partial charge >= 0.3 is 0 Å². The van der Waals surface area contributed by atoms with E-state index in [4.69, 9.17) is 0 Å². The first kappa shape index (κ1) is 19.5. The zero-order chi connectivity index (χ0) is 17.3. The van der Waals surface area contributed by atoms with E-state index in [2.05, 4.69) is 10.3 Å². The minimum atomic E-state index is -3.39. The monoisotopic (exact) mass is 342 g/mol. The maximum Gasteiger partial charge on any atom is 0.221 e. The van der Waals surface area contributed by atoms with Crippen LogP contribution in [0.1, 0.15) is 18.5 Å². The Bertz CT molecular complexity index is 576. The summed E-state index contributed by atoms with van der Waals surface area (Å²) < 4.78 is 25.0. The van der Waals surface area contributed by atoms with Gasteiger partial charge in [0.05, 0.1) is 18.5 Å². The van der Waals surface area contributed by atoms with Crippen LogP contribution in [-0.2, 0) is 21.4 Å². The summed E-state index contributed by atoms with van der Waals surface area (Å²) >= 11 is 0. The quantitative estimate of drug-likeness (QED) is 0.619. The highest BCUT2D eigenvalue weighted by Gasteiger charge is 2.18. The van der Waals surface area contributed by atoms with Crippen molar-refractivity contribution in [3.05, 3.63) is 30.1 Å². The third-order valence-corrected chi connectivity index (χ3v) is 4.48. The van der Waals surface area contributed by atoms with Crippen molar-refractivity contribution in [3.8, 4) is 0 Å². The molecule has 130 valence electrons. The number of aromatic nitrogens is 1. The van der Waals surface area contributed by atoms with Gasteiger partial charge in [0.1, 0.15) is 0 Å². The van der Waals surface area contributed by atoms with E-state index >= 15 is 0 Å². The van der Waals surface area contributed by atoms with Crippen molar-refractivity contribution >= 4 is 15.9 Å². The van der Waals surface area contributed by atoms with Crippen LogP contribution in [0.3, 0.4) is 0 Å². The summed E-state index contributed by atoms with van der Waals surface area (Å²) in [4.78, 5) is 18.0. The van der Waals surface area contributed by atoms with E-state index in [-0.39, 0.29) is 25.4 Å². The first-order valence-electron chi connectivity index (χ1n) is 7.55. The number of hydrogen-bond acceptors (Lipinski definition) is 5. The molecule has 1 heterocycles. The largest absolute Gasteiger partial charge is 0.356 e. The second-order valence-electron chi connectivity index (χ2n) is 5.67. The average Bonchev–Trinajstić information content (AvgIpc) is 2.47. The molecule has 1 N–H and O–H groups in total. The molecule has 0 atom stereocenters. The smallest absolute Gasteiger partial charge is 0.221 e. The summed E-state index contributed by atoms with van der Waals surface area (Å²) in [5, 5.41) is 2.81. The van der Waals surface area contributed by atoms with Crippen LogP contribution in [0.5, 0.6) is 0 Å². The van der Waals surface area contributed by atoms with Gasteiger partial charge in [-0.25, -0.2) is 8.42 Å². The fourth-order valence-electron chi connectivity index (χ4n) is 1.97. The Morgan fingerprint density at radius 1 is 1.26 bits per heavy atom. The summed E-state index contributed by atoms with van der Waals surface area (Å²) in [6.07, 6.45) is 3.77. The zero-order valence-corrected chi connectivity index (χ0v) is 14.8. The Kier molecular flexibility index (Phi) is 8.15. The topological polar surface area (TPSA) is 82.6 Å². The number of nitrogens with one attached hydrogen (secondary N) is 1. The Labute approximate surface area is 138 Å². The Morgan fingerprint density at radius 2 is 2.00 bits per heavy atom. The number of carbonyl (C=O) groups excluding carboxylic acids is 1. The highest BCUT2D eigenvalue weighted by Crippen LogP contribution is 2.06. The molecule has 1 amide bonds. The molecule has 0 saturated carbocycles. The van der Waals surface area contributed by atoms with Crippen LogP contribution in [0.25, 0.3) is 0 Å². The normalized spacial score (nSPS) is 11.9. The highest BCUT2D eigenvalue weighted by atomic mass is 32.2. The van der Waals surface area contributed by atoms with Crippen LogP contribution in [0.4, 0.5) is 0 Å². The minimum Gasteiger partial charge on any atom is -0.356 e. The van der Waals surface area contributed by atoms with Crippen LogP contribution < -0.4 is 5.32 Å². The molecular weight excluding hydrogens is 316 g/mol. The van der Waals surface area contributed by atoms with Crippen LogP contribution in [0, 0.1) is 0 Å². The Morgan fingerprint density at radius 3 is 2.57 bits per heavy atom. The minimum absolute atomic E-state index is 0.140. The molecule has 0 fully saturated rings. The number of hydrogen-bond donors (Lipinski definition) is 1. The van der Waals surface area contributed by atoms with Gasteiger partial charge in [-0.15, -0.1) is 0 Å². The van der Waals surface area contributed by atoms with E-state index in [1.165, 1.54) is 4.31 Å². The summed E-state index contributed by atoms with van der Waals surface area (Å²) in [7, 11) is 0.563. The van der Waals surface area contributed by atoms with E-state index in [1.54, 1.807) is 24.4 Å². The lowest BCUT2D eigenvalue weighted by Crippen LogP contribution is -2.35. The molecule has 8 heteroatoms. The van der Waals surface area contributed by atoms with Crippen molar-refractivity contribution in [3.63, 3.8) is 0 Å². The Hall–Kier alpha value is -1.51. The molecule has 0 radical (unpaired) electrons. The van der Waals surface area contributed by atoms with E-state index in [1.807, 2.05) is 19.0 Å². The molecule has 1 aromatic heterocycles. The molecule has 23 heavy (non-hydrogen) atoms. The molecule has 0 aliphatic carbocycles. The molecule has 1 aromatic rings. The lowest BCUT2D eigenvalue weighted by atomic mass is 10.3. The number of amides is 1. The van der Waals surface area contributed by atoms with Gasteiger partial charge < -0.3 is 10.2 Å². The standard InChI is InChI=1S/C15H26N4O3S/c1-18(2)11-6-10-17-15(20)8-12-19(23(3,21)22)13-14-7-4-5-9-16-14/h4-5,7,9H,6,8,10-13H2,1-3H3,(H,17,20). The fourth-order valence-corrected chi connectivity index (χ4v) is 2.76. The molecule has 0 aliphatic rings. The van der Waals surface area contributed by atoms with E-state index in [0.29, 0.717) is 12.2 Å². The lowest BCUT2D eigenvalue weighted by Gasteiger charge is -2.19. The van der Waals surface area contributed by atoms with Crippen molar-refractivity contribution in [2.45, 2.75) is 19.4 Å².